The van der Waals surface area contributed by atoms with E-state index in [-0.39, 0.29) is 5.92 Å². The first kappa shape index (κ1) is 9.52. The van der Waals surface area contributed by atoms with Crippen molar-refractivity contribution >= 4 is 5.91 Å². The fourth-order valence-corrected chi connectivity index (χ4v) is 1.66. The Morgan fingerprint density at radius 2 is 2.25 bits per heavy atom. The van der Waals surface area contributed by atoms with Crippen LogP contribution in [0.5, 0.6) is 0 Å². The zero-order chi connectivity index (χ0) is 9.14. The molecule has 1 fully saturated rings. The Labute approximate surface area is 72.9 Å². The zero-order valence-corrected chi connectivity index (χ0v) is 7.49. The number of primary amides is 1. The molecule has 0 heterocycles. The average Bonchev–Trinajstić information content (AvgIpc) is 1.94. The molecule has 1 aliphatic carbocycles. The van der Waals surface area contributed by atoms with Crippen molar-refractivity contribution in [2.45, 2.75) is 38.7 Å². The summed E-state index contributed by atoms with van der Waals surface area (Å²) in [6.45, 7) is 1.88. The first-order valence-electron chi connectivity index (χ1n) is 4.58. The molecule has 1 unspecified atom stereocenters. The third-order valence-electron chi connectivity index (χ3n) is 2.76. The fourth-order valence-electron chi connectivity index (χ4n) is 1.66. The molecule has 3 N–H and O–H groups in total. The molecule has 1 aliphatic rings. The second-order valence-corrected chi connectivity index (χ2v) is 3.86. The Hall–Kier alpha value is -0.570. The fraction of sp³-hybridized carbons (Fsp3) is 0.889. The summed E-state index contributed by atoms with van der Waals surface area (Å²) in [6.07, 6.45) is 3.77. The van der Waals surface area contributed by atoms with Crippen LogP contribution < -0.4 is 5.73 Å². The molecule has 3 heteroatoms. The summed E-state index contributed by atoms with van der Waals surface area (Å²) >= 11 is 0. The maximum atomic E-state index is 10.6. The molecule has 0 aromatic carbocycles. The van der Waals surface area contributed by atoms with Gasteiger partial charge in [0.1, 0.15) is 6.10 Å². The van der Waals surface area contributed by atoms with Crippen molar-refractivity contribution < 1.29 is 9.90 Å². The topological polar surface area (TPSA) is 63.3 Å². The predicted molar refractivity (Wildman–Crippen MR) is 46.3 cm³/mol. The van der Waals surface area contributed by atoms with Gasteiger partial charge in [-0.2, -0.15) is 0 Å². The Morgan fingerprint density at radius 1 is 1.67 bits per heavy atom. The Balaban J connectivity index is 2.25. The number of amides is 1. The van der Waals surface area contributed by atoms with Crippen LogP contribution in [0.25, 0.3) is 0 Å². The first-order chi connectivity index (χ1) is 5.61. The lowest BCUT2D eigenvalue weighted by molar-refractivity contribution is -0.128. The molecule has 70 valence electrons. The van der Waals surface area contributed by atoms with Gasteiger partial charge in [0.15, 0.2) is 0 Å². The quantitative estimate of drug-likeness (QED) is 0.652. The summed E-state index contributed by atoms with van der Waals surface area (Å²) in [7, 11) is 0. The van der Waals surface area contributed by atoms with Gasteiger partial charge in [0.05, 0.1) is 0 Å². The molecule has 2 atom stereocenters. The molecular formula is C9H17NO2. The highest BCUT2D eigenvalue weighted by Crippen LogP contribution is 2.32. The highest BCUT2D eigenvalue weighted by Gasteiger charge is 2.26. The molecule has 12 heavy (non-hydrogen) atoms. The van der Waals surface area contributed by atoms with Gasteiger partial charge in [-0.3, -0.25) is 4.79 Å². The summed E-state index contributed by atoms with van der Waals surface area (Å²) in [5.41, 5.74) is 4.98. The normalized spacial score (nSPS) is 22.8. The minimum atomic E-state index is -0.953. The number of hydrogen-bond donors (Lipinski definition) is 2. The third kappa shape index (κ3) is 2.21. The lowest BCUT2D eigenvalue weighted by Crippen LogP contribution is -2.35. The van der Waals surface area contributed by atoms with Crippen molar-refractivity contribution in [1.82, 2.24) is 0 Å². The molecule has 1 rings (SSSR count). The van der Waals surface area contributed by atoms with Crippen LogP contribution >= 0.6 is 0 Å². The number of aliphatic hydroxyl groups is 1. The van der Waals surface area contributed by atoms with E-state index in [2.05, 4.69) is 0 Å². The van der Waals surface area contributed by atoms with Crippen molar-refractivity contribution in [3.05, 3.63) is 0 Å². The van der Waals surface area contributed by atoms with Crippen LogP contribution in [0.1, 0.15) is 32.6 Å². The van der Waals surface area contributed by atoms with Crippen molar-refractivity contribution in [2.24, 2.45) is 17.6 Å². The van der Waals surface area contributed by atoms with Gasteiger partial charge in [-0.15, -0.1) is 0 Å². The van der Waals surface area contributed by atoms with E-state index in [1.54, 1.807) is 0 Å². The van der Waals surface area contributed by atoms with Crippen LogP contribution in [0.3, 0.4) is 0 Å². The smallest absolute Gasteiger partial charge is 0.246 e. The SMILES string of the molecule is C[C@H](CC1CCC1)C(O)C(N)=O. The molecule has 0 spiro atoms. The first-order valence-corrected chi connectivity index (χ1v) is 4.58. The highest BCUT2D eigenvalue weighted by molar-refractivity contribution is 5.78. The maximum Gasteiger partial charge on any atom is 0.246 e. The summed E-state index contributed by atoms with van der Waals surface area (Å²) < 4.78 is 0. The number of nitrogens with two attached hydrogens (primary N) is 1. The maximum absolute atomic E-state index is 10.6. The van der Waals surface area contributed by atoms with Gasteiger partial charge in [0, 0.05) is 0 Å². The second kappa shape index (κ2) is 3.90. The molecule has 0 bridgehead atoms. The van der Waals surface area contributed by atoms with Crippen LogP contribution in [0, 0.1) is 11.8 Å². The van der Waals surface area contributed by atoms with Crippen LogP contribution in [0.2, 0.25) is 0 Å². The molecule has 0 aromatic heterocycles. The Bertz CT molecular complexity index is 166. The number of aliphatic hydroxyl groups excluding tert-OH is 1. The summed E-state index contributed by atoms with van der Waals surface area (Å²) in [5.74, 6) is 0.142. The van der Waals surface area contributed by atoms with E-state index in [1.165, 1.54) is 19.3 Å². The van der Waals surface area contributed by atoms with Crippen LogP contribution in [-0.2, 0) is 4.79 Å². The van der Waals surface area contributed by atoms with Gasteiger partial charge in [-0.05, 0) is 18.3 Å². The number of hydrogen-bond acceptors (Lipinski definition) is 2. The van der Waals surface area contributed by atoms with E-state index in [0.29, 0.717) is 5.92 Å². The molecular weight excluding hydrogens is 154 g/mol. The standard InChI is InChI=1S/C9H17NO2/c1-6(8(11)9(10)12)5-7-3-2-4-7/h6-8,11H,2-5H2,1H3,(H2,10,12)/t6-,8?/m1/s1. The third-order valence-corrected chi connectivity index (χ3v) is 2.76. The summed E-state index contributed by atoms with van der Waals surface area (Å²) in [6, 6.07) is 0. The van der Waals surface area contributed by atoms with Gasteiger partial charge in [-0.25, -0.2) is 0 Å². The molecule has 1 saturated carbocycles. The summed E-state index contributed by atoms with van der Waals surface area (Å²) in [5, 5.41) is 9.29. The Morgan fingerprint density at radius 3 is 2.58 bits per heavy atom. The largest absolute Gasteiger partial charge is 0.383 e. The lowest BCUT2D eigenvalue weighted by atomic mass is 9.78. The predicted octanol–water partition coefficient (Wildman–Crippen LogP) is 0.659. The van der Waals surface area contributed by atoms with E-state index in [4.69, 9.17) is 5.73 Å². The summed E-state index contributed by atoms with van der Waals surface area (Å²) in [4.78, 5) is 10.6. The number of rotatable bonds is 4. The highest BCUT2D eigenvalue weighted by atomic mass is 16.3. The number of carbonyl (C=O) groups is 1. The average molecular weight is 171 g/mol. The minimum absolute atomic E-state index is 0.0211. The van der Waals surface area contributed by atoms with Gasteiger partial charge in [0.25, 0.3) is 0 Å². The monoisotopic (exact) mass is 171 g/mol. The van der Waals surface area contributed by atoms with Gasteiger partial charge >= 0.3 is 0 Å². The van der Waals surface area contributed by atoms with E-state index in [0.717, 1.165) is 6.42 Å². The van der Waals surface area contributed by atoms with E-state index >= 15 is 0 Å². The van der Waals surface area contributed by atoms with Gasteiger partial charge in [-0.1, -0.05) is 26.2 Å². The van der Waals surface area contributed by atoms with Crippen LogP contribution in [0.15, 0.2) is 0 Å². The van der Waals surface area contributed by atoms with Gasteiger partial charge in [0.2, 0.25) is 5.91 Å². The lowest BCUT2D eigenvalue weighted by Gasteiger charge is -2.29. The van der Waals surface area contributed by atoms with Gasteiger partial charge < -0.3 is 10.8 Å². The van der Waals surface area contributed by atoms with Crippen molar-refractivity contribution in [2.75, 3.05) is 0 Å². The van der Waals surface area contributed by atoms with Crippen LogP contribution in [0.4, 0.5) is 0 Å². The second-order valence-electron chi connectivity index (χ2n) is 3.86. The molecule has 0 aromatic rings. The number of carbonyl (C=O) groups excluding carboxylic acids is 1. The van der Waals surface area contributed by atoms with E-state index in [1.807, 2.05) is 6.92 Å². The minimum Gasteiger partial charge on any atom is -0.383 e. The molecule has 0 saturated heterocycles. The van der Waals surface area contributed by atoms with Crippen molar-refractivity contribution in [3.8, 4) is 0 Å². The molecule has 3 nitrogen and oxygen atoms in total. The van der Waals surface area contributed by atoms with E-state index in [9.17, 15) is 9.90 Å². The van der Waals surface area contributed by atoms with Crippen molar-refractivity contribution in [1.29, 1.82) is 0 Å². The molecule has 1 amide bonds. The van der Waals surface area contributed by atoms with E-state index < -0.39 is 12.0 Å². The van der Waals surface area contributed by atoms with Crippen LogP contribution in [-0.4, -0.2) is 17.1 Å². The Kier molecular flexibility index (Phi) is 3.09. The zero-order valence-electron chi connectivity index (χ0n) is 7.49. The molecule has 0 radical (unpaired) electrons. The van der Waals surface area contributed by atoms with Crippen molar-refractivity contribution in [3.63, 3.8) is 0 Å². The molecule has 0 aliphatic heterocycles.